The molecule has 1 aliphatic heterocycles. The van der Waals surface area contributed by atoms with Gasteiger partial charge in [-0.15, -0.1) is 11.3 Å². The third-order valence-corrected chi connectivity index (χ3v) is 6.90. The summed E-state index contributed by atoms with van der Waals surface area (Å²) in [6.45, 7) is 6.32. The minimum atomic E-state index is -0.270. The van der Waals surface area contributed by atoms with Crippen LogP contribution in [0.1, 0.15) is 38.8 Å². The second kappa shape index (κ2) is 8.41. The second-order valence-electron chi connectivity index (χ2n) is 6.06. The molecule has 7 heteroatoms. The van der Waals surface area contributed by atoms with Crippen LogP contribution in [0.4, 0.5) is 10.7 Å². The van der Waals surface area contributed by atoms with Crippen LogP contribution in [0.15, 0.2) is 18.2 Å². The zero-order valence-electron chi connectivity index (χ0n) is 15.1. The molecule has 0 saturated carbocycles. The van der Waals surface area contributed by atoms with E-state index in [0.29, 0.717) is 17.3 Å². The maximum Gasteiger partial charge on any atom is 0.341 e. The highest BCUT2D eigenvalue weighted by Crippen LogP contribution is 2.40. The Labute approximate surface area is 167 Å². The number of thiophene rings is 1. The first-order valence-electron chi connectivity index (χ1n) is 8.54. The van der Waals surface area contributed by atoms with Gasteiger partial charge in [0.05, 0.1) is 12.2 Å². The number of fused-ring (bicyclic) bond motifs is 1. The molecule has 3 rings (SSSR count). The van der Waals surface area contributed by atoms with Gasteiger partial charge >= 0.3 is 5.97 Å². The Kier molecular flexibility index (Phi) is 6.21. The predicted molar refractivity (Wildman–Crippen MR) is 116 cm³/mol. The zero-order valence-corrected chi connectivity index (χ0v) is 17.6. The van der Waals surface area contributed by atoms with E-state index in [9.17, 15) is 4.79 Å². The first-order valence-corrected chi connectivity index (χ1v) is 10.9. The van der Waals surface area contributed by atoms with Crippen molar-refractivity contribution in [2.75, 3.05) is 23.0 Å². The Hall–Kier alpha value is -1.57. The van der Waals surface area contributed by atoms with Crippen molar-refractivity contribution in [1.29, 1.82) is 0 Å². The Morgan fingerprint density at radius 1 is 1.31 bits per heavy atom. The molecular weight excluding hydrogens is 384 g/mol. The average molecular weight is 407 g/mol. The summed E-state index contributed by atoms with van der Waals surface area (Å²) < 4.78 is 5.28. The van der Waals surface area contributed by atoms with E-state index in [4.69, 9.17) is 17.0 Å². The topological polar surface area (TPSA) is 50.4 Å². The summed E-state index contributed by atoms with van der Waals surface area (Å²) >= 11 is 8.99. The van der Waals surface area contributed by atoms with Gasteiger partial charge in [-0.2, -0.15) is 11.8 Å². The molecule has 1 aliphatic rings. The van der Waals surface area contributed by atoms with Gasteiger partial charge in [0.25, 0.3) is 0 Å². The van der Waals surface area contributed by atoms with Crippen LogP contribution in [0.5, 0.6) is 0 Å². The zero-order chi connectivity index (χ0) is 18.7. The molecule has 0 spiro atoms. The Morgan fingerprint density at radius 3 is 2.88 bits per heavy atom. The van der Waals surface area contributed by atoms with Gasteiger partial charge in [0.2, 0.25) is 0 Å². The smallest absolute Gasteiger partial charge is 0.341 e. The molecule has 1 aromatic carbocycles. The van der Waals surface area contributed by atoms with Crippen LogP contribution in [-0.2, 0) is 16.9 Å². The van der Waals surface area contributed by atoms with Crippen molar-refractivity contribution in [2.45, 2.75) is 32.9 Å². The van der Waals surface area contributed by atoms with Gasteiger partial charge in [-0.25, -0.2) is 4.79 Å². The molecular formula is C19H22N2O2S3. The molecule has 0 radical (unpaired) electrons. The highest BCUT2D eigenvalue weighted by atomic mass is 32.2. The van der Waals surface area contributed by atoms with E-state index in [-0.39, 0.29) is 5.97 Å². The molecule has 2 N–H and O–H groups in total. The highest BCUT2D eigenvalue weighted by molar-refractivity contribution is 7.98. The van der Waals surface area contributed by atoms with Crippen LogP contribution in [0.3, 0.4) is 0 Å². The molecule has 0 amide bonds. The van der Waals surface area contributed by atoms with Gasteiger partial charge in [0.15, 0.2) is 5.11 Å². The third-order valence-electron chi connectivity index (χ3n) is 4.38. The van der Waals surface area contributed by atoms with Crippen molar-refractivity contribution in [3.05, 3.63) is 45.3 Å². The fourth-order valence-electron chi connectivity index (χ4n) is 2.88. The van der Waals surface area contributed by atoms with E-state index < -0.39 is 0 Å². The van der Waals surface area contributed by atoms with Gasteiger partial charge in [-0.1, -0.05) is 12.1 Å². The maximum atomic E-state index is 12.5. The van der Waals surface area contributed by atoms with Crippen LogP contribution in [0.25, 0.3) is 0 Å². The third kappa shape index (κ3) is 4.05. The first-order chi connectivity index (χ1) is 12.5. The van der Waals surface area contributed by atoms with Crippen LogP contribution in [-0.4, -0.2) is 23.4 Å². The lowest BCUT2D eigenvalue weighted by atomic mass is 10.1. The van der Waals surface area contributed by atoms with Gasteiger partial charge in [-0.05, 0) is 67.9 Å². The SMILES string of the molecule is CCOC(=O)c1c(NC(=S)Nc2cccc(C)c2C)sc2c1CCSC2. The molecule has 0 atom stereocenters. The molecule has 0 bridgehead atoms. The van der Waals surface area contributed by atoms with E-state index in [2.05, 4.69) is 30.5 Å². The molecule has 0 saturated heterocycles. The monoisotopic (exact) mass is 406 g/mol. The number of rotatable bonds is 4. The number of nitrogens with one attached hydrogen (secondary N) is 2. The Morgan fingerprint density at radius 2 is 2.12 bits per heavy atom. The summed E-state index contributed by atoms with van der Waals surface area (Å²) in [6, 6.07) is 6.07. The van der Waals surface area contributed by atoms with Crippen molar-refractivity contribution in [1.82, 2.24) is 0 Å². The fourth-order valence-corrected chi connectivity index (χ4v) is 5.53. The Balaban J connectivity index is 1.84. The summed E-state index contributed by atoms with van der Waals surface area (Å²) in [7, 11) is 0. The molecule has 0 fully saturated rings. The first kappa shape index (κ1) is 19.2. The molecule has 26 heavy (non-hydrogen) atoms. The van der Waals surface area contributed by atoms with Crippen molar-refractivity contribution < 1.29 is 9.53 Å². The number of anilines is 2. The van der Waals surface area contributed by atoms with Crippen LogP contribution in [0.2, 0.25) is 0 Å². The number of carbonyl (C=O) groups excluding carboxylic acids is 1. The number of carbonyl (C=O) groups is 1. The number of benzene rings is 1. The minimum absolute atomic E-state index is 0.270. The molecule has 138 valence electrons. The summed E-state index contributed by atoms with van der Waals surface area (Å²) in [5.41, 5.74) is 5.09. The predicted octanol–water partition coefficient (Wildman–Crippen LogP) is 5.14. The van der Waals surface area contributed by atoms with Crippen LogP contribution >= 0.6 is 35.3 Å². The van der Waals surface area contributed by atoms with E-state index in [1.165, 1.54) is 10.4 Å². The number of hydrogen-bond donors (Lipinski definition) is 2. The van der Waals surface area contributed by atoms with Crippen LogP contribution in [0, 0.1) is 13.8 Å². The lowest BCUT2D eigenvalue weighted by Crippen LogP contribution is -2.21. The Bertz CT molecular complexity index is 846. The largest absolute Gasteiger partial charge is 0.462 e. The van der Waals surface area contributed by atoms with Crippen LogP contribution < -0.4 is 10.6 Å². The number of aryl methyl sites for hydroxylation is 1. The molecule has 2 aromatic rings. The highest BCUT2D eigenvalue weighted by Gasteiger charge is 2.27. The number of hydrogen-bond acceptors (Lipinski definition) is 5. The van der Waals surface area contributed by atoms with Gasteiger partial charge < -0.3 is 15.4 Å². The fraction of sp³-hybridized carbons (Fsp3) is 0.368. The van der Waals surface area contributed by atoms with Gasteiger partial charge in [0, 0.05) is 16.3 Å². The van der Waals surface area contributed by atoms with Crippen molar-refractivity contribution >= 4 is 57.1 Å². The van der Waals surface area contributed by atoms with E-state index in [1.54, 1.807) is 11.3 Å². The number of thioether (sulfide) groups is 1. The minimum Gasteiger partial charge on any atom is -0.462 e. The lowest BCUT2D eigenvalue weighted by Gasteiger charge is -2.14. The summed E-state index contributed by atoms with van der Waals surface area (Å²) in [6.07, 6.45) is 0.892. The van der Waals surface area contributed by atoms with Crippen molar-refractivity contribution in [3.8, 4) is 0 Å². The van der Waals surface area contributed by atoms with E-state index in [0.717, 1.165) is 39.7 Å². The van der Waals surface area contributed by atoms with Gasteiger partial charge in [0.1, 0.15) is 5.00 Å². The quantitative estimate of drug-likeness (QED) is 0.542. The van der Waals surface area contributed by atoms with Gasteiger partial charge in [-0.3, -0.25) is 0 Å². The molecule has 1 aromatic heterocycles. The van der Waals surface area contributed by atoms with E-state index >= 15 is 0 Å². The molecule has 0 unspecified atom stereocenters. The number of ether oxygens (including phenoxy) is 1. The molecule has 2 heterocycles. The molecule has 4 nitrogen and oxygen atoms in total. The summed E-state index contributed by atoms with van der Waals surface area (Å²) in [4.78, 5) is 13.7. The average Bonchev–Trinajstić information content (AvgIpc) is 2.97. The maximum absolute atomic E-state index is 12.5. The van der Waals surface area contributed by atoms with Crippen molar-refractivity contribution in [3.63, 3.8) is 0 Å². The number of thiocarbonyl (C=S) groups is 1. The molecule has 0 aliphatic carbocycles. The lowest BCUT2D eigenvalue weighted by molar-refractivity contribution is 0.0527. The summed E-state index contributed by atoms with van der Waals surface area (Å²) in [5, 5.41) is 7.74. The normalized spacial score (nSPS) is 13.0. The standard InChI is InChI=1S/C19H22N2O2S3/c1-4-23-18(22)16-13-8-9-25-10-15(13)26-17(16)21-19(24)20-14-7-5-6-11(2)12(14)3/h5-7H,4,8-10H2,1-3H3,(H2,20,21,24). The summed E-state index contributed by atoms with van der Waals surface area (Å²) in [5.74, 6) is 1.69. The number of esters is 1. The second-order valence-corrected chi connectivity index (χ2v) is 8.68. The van der Waals surface area contributed by atoms with Crippen molar-refractivity contribution in [2.24, 2.45) is 0 Å². The van der Waals surface area contributed by atoms with E-state index in [1.807, 2.05) is 30.8 Å².